The Kier molecular flexibility index (Phi) is 6.29. The molecule has 0 radical (unpaired) electrons. The molecule has 0 aliphatic heterocycles. The smallest absolute Gasteiger partial charge is 0.174 e. The first kappa shape index (κ1) is 16.5. The van der Waals surface area contributed by atoms with E-state index in [1.807, 2.05) is 10.7 Å². The van der Waals surface area contributed by atoms with Crippen LogP contribution in [0.3, 0.4) is 0 Å². The Hall–Kier alpha value is -0.820. The van der Waals surface area contributed by atoms with Gasteiger partial charge in [0.1, 0.15) is 0 Å². The molecule has 2 heterocycles. The van der Waals surface area contributed by atoms with Crippen molar-refractivity contribution in [3.05, 3.63) is 39.5 Å². The lowest BCUT2D eigenvalue weighted by molar-refractivity contribution is 0.182. The Morgan fingerprint density at radius 2 is 2.38 bits per heavy atom. The number of methoxy groups -OCH3 is 1. The molecule has 2 aromatic heterocycles. The zero-order valence-corrected chi connectivity index (χ0v) is 14.4. The van der Waals surface area contributed by atoms with Crippen LogP contribution in [-0.2, 0) is 11.3 Å². The Morgan fingerprint density at radius 1 is 1.57 bits per heavy atom. The second-order valence-corrected chi connectivity index (χ2v) is 5.76. The zero-order chi connectivity index (χ0) is 15.2. The summed E-state index contributed by atoms with van der Waals surface area (Å²) in [7, 11) is 1.67. The van der Waals surface area contributed by atoms with Crippen molar-refractivity contribution >= 4 is 27.5 Å². The van der Waals surface area contributed by atoms with Gasteiger partial charge in [0.05, 0.1) is 42.4 Å². The van der Waals surface area contributed by atoms with E-state index in [4.69, 9.17) is 20.8 Å². The molecular weight excluding hydrogens is 358 g/mol. The summed E-state index contributed by atoms with van der Waals surface area (Å²) in [5.41, 5.74) is 1.92. The molecule has 2 aromatic rings. The van der Waals surface area contributed by atoms with Crippen molar-refractivity contribution in [1.82, 2.24) is 15.1 Å². The van der Waals surface area contributed by atoms with E-state index in [-0.39, 0.29) is 6.04 Å². The van der Waals surface area contributed by atoms with Crippen LogP contribution in [0.4, 0.5) is 0 Å². The van der Waals surface area contributed by atoms with Gasteiger partial charge >= 0.3 is 0 Å². The zero-order valence-electron chi connectivity index (χ0n) is 12.1. The van der Waals surface area contributed by atoms with Crippen molar-refractivity contribution in [3.8, 4) is 0 Å². The summed E-state index contributed by atoms with van der Waals surface area (Å²) in [5, 5.41) is 8.47. The van der Waals surface area contributed by atoms with Crippen LogP contribution in [0.1, 0.15) is 30.6 Å². The summed E-state index contributed by atoms with van der Waals surface area (Å²) in [6.45, 7) is 4.22. The third-order valence-corrected chi connectivity index (χ3v) is 4.11. The van der Waals surface area contributed by atoms with E-state index < -0.39 is 0 Å². The Labute approximate surface area is 137 Å². The molecule has 0 amide bonds. The quantitative estimate of drug-likeness (QED) is 0.764. The minimum Gasteiger partial charge on any atom is -0.457 e. The first-order valence-corrected chi connectivity index (χ1v) is 8.02. The number of furan rings is 1. The van der Waals surface area contributed by atoms with Crippen molar-refractivity contribution in [2.24, 2.45) is 0 Å². The maximum absolute atomic E-state index is 6.36. The summed E-state index contributed by atoms with van der Waals surface area (Å²) >= 11 is 9.80. The lowest BCUT2D eigenvalue weighted by Crippen LogP contribution is -2.26. The highest BCUT2D eigenvalue weighted by Crippen LogP contribution is 2.33. The van der Waals surface area contributed by atoms with E-state index in [2.05, 4.69) is 33.3 Å². The highest BCUT2D eigenvalue weighted by Gasteiger charge is 2.24. The van der Waals surface area contributed by atoms with Crippen LogP contribution in [0.25, 0.3) is 0 Å². The molecule has 0 bridgehead atoms. The first-order valence-electron chi connectivity index (χ1n) is 6.85. The van der Waals surface area contributed by atoms with Gasteiger partial charge in [0.15, 0.2) is 4.67 Å². The van der Waals surface area contributed by atoms with Gasteiger partial charge in [-0.3, -0.25) is 4.68 Å². The Balaban J connectivity index is 2.36. The number of halogens is 2. The number of hydrogen-bond acceptors (Lipinski definition) is 4. The average molecular weight is 377 g/mol. The molecule has 0 spiro atoms. The summed E-state index contributed by atoms with van der Waals surface area (Å²) in [6.07, 6.45) is 4.35. The predicted molar refractivity (Wildman–Crippen MR) is 85.7 cm³/mol. The fraction of sp³-hybridized carbons (Fsp3) is 0.500. The van der Waals surface area contributed by atoms with Gasteiger partial charge in [-0.15, -0.1) is 0 Å². The summed E-state index contributed by atoms with van der Waals surface area (Å²) in [6, 6.07) is 1.85. The lowest BCUT2D eigenvalue weighted by Gasteiger charge is -2.20. The molecule has 21 heavy (non-hydrogen) atoms. The normalized spacial score (nSPS) is 12.8. The van der Waals surface area contributed by atoms with E-state index in [9.17, 15) is 0 Å². The van der Waals surface area contributed by atoms with Crippen LogP contribution in [0.5, 0.6) is 0 Å². The van der Waals surface area contributed by atoms with E-state index >= 15 is 0 Å². The number of nitrogens with one attached hydrogen (secondary N) is 1. The molecule has 0 aromatic carbocycles. The molecule has 116 valence electrons. The van der Waals surface area contributed by atoms with Crippen LogP contribution in [0.2, 0.25) is 5.02 Å². The first-order chi connectivity index (χ1) is 10.2. The standard InChI is InChI=1S/C14H19BrClN3O2/c1-3-5-17-12(10-4-7-21-14(10)15)13-11(16)9-18-19(13)6-8-20-2/h4,7,9,12,17H,3,5-6,8H2,1-2H3. The van der Waals surface area contributed by atoms with Crippen molar-refractivity contribution in [2.75, 3.05) is 20.3 Å². The number of nitrogens with zero attached hydrogens (tertiary/aromatic N) is 2. The van der Waals surface area contributed by atoms with Gasteiger partial charge in [0, 0.05) is 12.7 Å². The fourth-order valence-electron chi connectivity index (χ4n) is 2.17. The lowest BCUT2D eigenvalue weighted by atomic mass is 10.1. The monoisotopic (exact) mass is 375 g/mol. The number of aromatic nitrogens is 2. The molecule has 0 saturated carbocycles. The highest BCUT2D eigenvalue weighted by molar-refractivity contribution is 9.10. The second kappa shape index (κ2) is 7.98. The molecule has 7 heteroatoms. The highest BCUT2D eigenvalue weighted by atomic mass is 79.9. The van der Waals surface area contributed by atoms with Crippen LogP contribution >= 0.6 is 27.5 Å². The van der Waals surface area contributed by atoms with Crippen molar-refractivity contribution in [1.29, 1.82) is 0 Å². The summed E-state index contributed by atoms with van der Waals surface area (Å²) < 4.78 is 13.1. The molecular formula is C14H19BrClN3O2. The topological polar surface area (TPSA) is 52.2 Å². The summed E-state index contributed by atoms with van der Waals surface area (Å²) in [4.78, 5) is 0. The molecule has 5 nitrogen and oxygen atoms in total. The largest absolute Gasteiger partial charge is 0.457 e. The van der Waals surface area contributed by atoms with Gasteiger partial charge in [-0.1, -0.05) is 18.5 Å². The molecule has 0 aliphatic rings. The average Bonchev–Trinajstić information content (AvgIpc) is 3.05. The molecule has 0 aliphatic carbocycles. The van der Waals surface area contributed by atoms with Crippen LogP contribution in [0, 0.1) is 0 Å². The molecule has 0 fully saturated rings. The number of ether oxygens (including phenoxy) is 1. The van der Waals surface area contributed by atoms with Gasteiger partial charge in [0.25, 0.3) is 0 Å². The van der Waals surface area contributed by atoms with Crippen LogP contribution in [-0.4, -0.2) is 30.0 Å². The minimum absolute atomic E-state index is 0.0788. The van der Waals surface area contributed by atoms with Crippen molar-refractivity contribution in [3.63, 3.8) is 0 Å². The van der Waals surface area contributed by atoms with Gasteiger partial charge < -0.3 is 14.5 Å². The predicted octanol–water partition coefficient (Wildman–Crippen LogP) is 3.63. The van der Waals surface area contributed by atoms with E-state index in [1.54, 1.807) is 19.6 Å². The Bertz CT molecular complexity index is 570. The number of hydrogen-bond donors (Lipinski definition) is 1. The summed E-state index contributed by atoms with van der Waals surface area (Å²) in [5.74, 6) is 0. The van der Waals surface area contributed by atoms with Gasteiger partial charge in [-0.25, -0.2) is 0 Å². The third kappa shape index (κ3) is 3.88. The van der Waals surface area contributed by atoms with E-state index in [0.29, 0.717) is 22.8 Å². The van der Waals surface area contributed by atoms with Crippen molar-refractivity contribution < 1.29 is 9.15 Å². The maximum atomic E-state index is 6.36. The van der Waals surface area contributed by atoms with Gasteiger partial charge in [0.2, 0.25) is 0 Å². The minimum atomic E-state index is -0.0788. The molecule has 1 N–H and O–H groups in total. The van der Waals surface area contributed by atoms with Gasteiger partial charge in [-0.2, -0.15) is 5.10 Å². The second-order valence-electron chi connectivity index (χ2n) is 4.63. The van der Waals surface area contributed by atoms with Crippen LogP contribution < -0.4 is 5.32 Å². The van der Waals surface area contributed by atoms with Crippen molar-refractivity contribution in [2.45, 2.75) is 25.9 Å². The maximum Gasteiger partial charge on any atom is 0.174 e. The SMILES string of the molecule is CCCNC(c1ccoc1Br)c1c(Cl)cnn1CCOC. The molecule has 1 unspecified atom stereocenters. The van der Waals surface area contributed by atoms with Crippen LogP contribution in [0.15, 0.2) is 27.6 Å². The van der Waals surface area contributed by atoms with E-state index in [0.717, 1.165) is 24.2 Å². The fourth-order valence-corrected chi connectivity index (χ4v) is 2.89. The Morgan fingerprint density at radius 3 is 3.00 bits per heavy atom. The molecule has 0 saturated heterocycles. The molecule has 2 rings (SSSR count). The third-order valence-electron chi connectivity index (χ3n) is 3.17. The van der Waals surface area contributed by atoms with E-state index in [1.165, 1.54) is 0 Å². The number of rotatable bonds is 8. The van der Waals surface area contributed by atoms with Gasteiger partial charge in [-0.05, 0) is 35.0 Å². The molecule has 1 atom stereocenters.